The molecule has 0 saturated heterocycles. The third-order valence-corrected chi connectivity index (χ3v) is 2.76. The standard InChI is InChI=1S/C14H11ClFNO2/c1-19-13-5-3-2-4-12(13)17-14(18)10-8-9(15)6-7-11(10)16/h2-8H,1H3,(H,17,18). The first-order chi connectivity index (χ1) is 9.11. The number of amides is 1. The van der Waals surface area contributed by atoms with E-state index >= 15 is 0 Å². The Morgan fingerprint density at radius 2 is 2.00 bits per heavy atom. The van der Waals surface area contributed by atoms with Crippen LogP contribution in [0.15, 0.2) is 42.5 Å². The predicted molar refractivity (Wildman–Crippen MR) is 72.4 cm³/mol. The second kappa shape index (κ2) is 5.71. The van der Waals surface area contributed by atoms with Crippen LogP contribution in [0.2, 0.25) is 5.02 Å². The van der Waals surface area contributed by atoms with E-state index in [0.29, 0.717) is 16.5 Å². The highest BCUT2D eigenvalue weighted by Crippen LogP contribution is 2.24. The van der Waals surface area contributed by atoms with Crippen molar-refractivity contribution in [3.05, 3.63) is 58.9 Å². The first-order valence-corrected chi connectivity index (χ1v) is 5.89. The summed E-state index contributed by atoms with van der Waals surface area (Å²) in [5.41, 5.74) is 0.354. The van der Waals surface area contributed by atoms with Gasteiger partial charge in [0.2, 0.25) is 0 Å². The smallest absolute Gasteiger partial charge is 0.258 e. The second-order valence-corrected chi connectivity index (χ2v) is 4.22. The fourth-order valence-electron chi connectivity index (χ4n) is 1.61. The number of benzene rings is 2. The monoisotopic (exact) mass is 279 g/mol. The van der Waals surface area contributed by atoms with E-state index in [9.17, 15) is 9.18 Å². The lowest BCUT2D eigenvalue weighted by molar-refractivity contribution is 0.102. The van der Waals surface area contributed by atoms with Gasteiger partial charge in [-0.05, 0) is 30.3 Å². The van der Waals surface area contributed by atoms with Crippen molar-refractivity contribution in [2.75, 3.05) is 12.4 Å². The zero-order valence-electron chi connectivity index (χ0n) is 10.1. The van der Waals surface area contributed by atoms with Crippen LogP contribution in [0, 0.1) is 5.82 Å². The van der Waals surface area contributed by atoms with Gasteiger partial charge in [-0.2, -0.15) is 0 Å². The highest BCUT2D eigenvalue weighted by Gasteiger charge is 2.14. The number of rotatable bonds is 3. The summed E-state index contributed by atoms with van der Waals surface area (Å²) in [4.78, 5) is 12.0. The Bertz CT molecular complexity index is 616. The van der Waals surface area contributed by atoms with Gasteiger partial charge in [0.25, 0.3) is 5.91 Å². The molecule has 0 saturated carbocycles. The summed E-state index contributed by atoms with van der Waals surface area (Å²) >= 11 is 5.75. The molecule has 19 heavy (non-hydrogen) atoms. The average Bonchev–Trinajstić information content (AvgIpc) is 2.42. The van der Waals surface area contributed by atoms with E-state index in [1.54, 1.807) is 24.3 Å². The quantitative estimate of drug-likeness (QED) is 0.929. The topological polar surface area (TPSA) is 38.3 Å². The number of hydrogen-bond acceptors (Lipinski definition) is 2. The highest BCUT2D eigenvalue weighted by molar-refractivity contribution is 6.31. The first kappa shape index (κ1) is 13.4. The molecule has 0 aliphatic rings. The number of methoxy groups -OCH3 is 1. The lowest BCUT2D eigenvalue weighted by Gasteiger charge is -2.10. The van der Waals surface area contributed by atoms with Crippen molar-refractivity contribution < 1.29 is 13.9 Å². The molecule has 0 atom stereocenters. The molecular formula is C14H11ClFNO2. The Morgan fingerprint density at radius 1 is 1.26 bits per heavy atom. The number of carbonyl (C=O) groups excluding carboxylic acids is 1. The summed E-state index contributed by atoms with van der Waals surface area (Å²) in [6, 6.07) is 10.7. The maximum atomic E-state index is 13.6. The van der Waals surface area contributed by atoms with Crippen LogP contribution in [0.4, 0.5) is 10.1 Å². The van der Waals surface area contributed by atoms with Crippen LogP contribution >= 0.6 is 11.6 Å². The van der Waals surface area contributed by atoms with Crippen LogP contribution in [0.25, 0.3) is 0 Å². The molecule has 0 spiro atoms. The highest BCUT2D eigenvalue weighted by atomic mass is 35.5. The fourth-order valence-corrected chi connectivity index (χ4v) is 1.78. The Morgan fingerprint density at radius 3 is 2.74 bits per heavy atom. The van der Waals surface area contributed by atoms with Crippen molar-refractivity contribution in [1.82, 2.24) is 0 Å². The van der Waals surface area contributed by atoms with Crippen molar-refractivity contribution >= 4 is 23.2 Å². The van der Waals surface area contributed by atoms with E-state index in [4.69, 9.17) is 16.3 Å². The number of nitrogens with one attached hydrogen (secondary N) is 1. The summed E-state index contributed by atoms with van der Waals surface area (Å²) in [5, 5.41) is 2.88. The molecule has 2 aromatic rings. The molecule has 2 rings (SSSR count). The SMILES string of the molecule is COc1ccccc1NC(=O)c1cc(Cl)ccc1F. The number of hydrogen-bond donors (Lipinski definition) is 1. The van der Waals surface area contributed by atoms with Crippen molar-refractivity contribution in [2.45, 2.75) is 0 Å². The number of ether oxygens (including phenoxy) is 1. The molecule has 98 valence electrons. The molecule has 0 bridgehead atoms. The van der Waals surface area contributed by atoms with Crippen LogP contribution < -0.4 is 10.1 Å². The van der Waals surface area contributed by atoms with E-state index in [-0.39, 0.29) is 5.56 Å². The fraction of sp³-hybridized carbons (Fsp3) is 0.0714. The molecule has 0 unspecified atom stereocenters. The minimum Gasteiger partial charge on any atom is -0.495 e. The van der Waals surface area contributed by atoms with Crippen molar-refractivity contribution in [3.63, 3.8) is 0 Å². The molecule has 0 aromatic heterocycles. The Balaban J connectivity index is 2.28. The largest absolute Gasteiger partial charge is 0.495 e. The van der Waals surface area contributed by atoms with Crippen LogP contribution in [0.5, 0.6) is 5.75 Å². The first-order valence-electron chi connectivity index (χ1n) is 5.51. The maximum absolute atomic E-state index is 13.6. The number of para-hydroxylation sites is 2. The molecule has 0 fully saturated rings. The van der Waals surface area contributed by atoms with E-state index in [0.717, 1.165) is 6.07 Å². The van der Waals surface area contributed by atoms with Gasteiger partial charge < -0.3 is 10.1 Å². The average molecular weight is 280 g/mol. The van der Waals surface area contributed by atoms with Crippen molar-refractivity contribution in [1.29, 1.82) is 0 Å². The van der Waals surface area contributed by atoms with Gasteiger partial charge in [-0.3, -0.25) is 4.79 Å². The Hall–Kier alpha value is -2.07. The van der Waals surface area contributed by atoms with Gasteiger partial charge in [-0.15, -0.1) is 0 Å². The van der Waals surface area contributed by atoms with Gasteiger partial charge in [0.1, 0.15) is 11.6 Å². The minimum absolute atomic E-state index is 0.113. The normalized spacial score (nSPS) is 10.1. The van der Waals surface area contributed by atoms with E-state index in [1.165, 1.54) is 19.2 Å². The van der Waals surface area contributed by atoms with E-state index in [2.05, 4.69) is 5.32 Å². The molecule has 2 aromatic carbocycles. The molecule has 1 N–H and O–H groups in total. The molecule has 0 aliphatic heterocycles. The number of carbonyl (C=O) groups is 1. The Kier molecular flexibility index (Phi) is 4.02. The maximum Gasteiger partial charge on any atom is 0.258 e. The van der Waals surface area contributed by atoms with Gasteiger partial charge in [0.05, 0.1) is 18.4 Å². The molecule has 1 amide bonds. The van der Waals surface area contributed by atoms with Crippen LogP contribution in [-0.4, -0.2) is 13.0 Å². The van der Waals surface area contributed by atoms with E-state index < -0.39 is 11.7 Å². The van der Waals surface area contributed by atoms with Crippen molar-refractivity contribution in [2.24, 2.45) is 0 Å². The minimum atomic E-state index is -0.628. The molecule has 0 heterocycles. The zero-order valence-corrected chi connectivity index (χ0v) is 10.9. The molecule has 0 radical (unpaired) electrons. The van der Waals surface area contributed by atoms with Gasteiger partial charge in [0, 0.05) is 5.02 Å². The second-order valence-electron chi connectivity index (χ2n) is 3.78. The summed E-state index contributed by atoms with van der Waals surface area (Å²) < 4.78 is 18.7. The summed E-state index contributed by atoms with van der Waals surface area (Å²) in [7, 11) is 1.49. The number of halogens is 2. The molecule has 3 nitrogen and oxygen atoms in total. The summed E-state index contributed by atoms with van der Waals surface area (Å²) in [6.45, 7) is 0. The Labute approximate surface area is 115 Å². The van der Waals surface area contributed by atoms with Crippen molar-refractivity contribution in [3.8, 4) is 5.75 Å². The molecule has 0 aliphatic carbocycles. The summed E-state index contributed by atoms with van der Waals surface area (Å²) in [6.07, 6.45) is 0. The van der Waals surface area contributed by atoms with Gasteiger partial charge in [0.15, 0.2) is 0 Å². The van der Waals surface area contributed by atoms with Gasteiger partial charge in [-0.25, -0.2) is 4.39 Å². The third kappa shape index (κ3) is 3.03. The molecule has 5 heteroatoms. The predicted octanol–water partition coefficient (Wildman–Crippen LogP) is 3.74. The van der Waals surface area contributed by atoms with Crippen LogP contribution in [0.3, 0.4) is 0 Å². The van der Waals surface area contributed by atoms with Gasteiger partial charge in [-0.1, -0.05) is 23.7 Å². The summed E-state index contributed by atoms with van der Waals surface area (Å²) in [5.74, 6) is -0.709. The van der Waals surface area contributed by atoms with Crippen LogP contribution in [0.1, 0.15) is 10.4 Å². The lowest BCUT2D eigenvalue weighted by Crippen LogP contribution is -2.14. The van der Waals surface area contributed by atoms with Crippen LogP contribution in [-0.2, 0) is 0 Å². The van der Waals surface area contributed by atoms with E-state index in [1.807, 2.05) is 0 Å². The molecular weight excluding hydrogens is 269 g/mol. The lowest BCUT2D eigenvalue weighted by atomic mass is 10.2. The van der Waals surface area contributed by atoms with Gasteiger partial charge >= 0.3 is 0 Å². The third-order valence-electron chi connectivity index (χ3n) is 2.53. The zero-order chi connectivity index (χ0) is 13.8. The number of anilines is 1.